The minimum atomic E-state index is 0.0422. The summed E-state index contributed by atoms with van der Waals surface area (Å²) in [6.07, 6.45) is 4.45. The van der Waals surface area contributed by atoms with Crippen LogP contribution in [-0.4, -0.2) is 41.5 Å². The topological polar surface area (TPSA) is 45.2 Å². The molecule has 0 spiro atoms. The summed E-state index contributed by atoms with van der Waals surface area (Å²) in [6, 6.07) is 6.58. The fourth-order valence-corrected chi connectivity index (χ4v) is 2.96. The minimum absolute atomic E-state index is 0.0422. The van der Waals surface area contributed by atoms with E-state index < -0.39 is 0 Å². The van der Waals surface area contributed by atoms with Gasteiger partial charge < -0.3 is 10.2 Å². The highest BCUT2D eigenvalue weighted by atomic mass is 16.2. The number of aryl methyl sites for hydroxylation is 1. The second-order valence-electron chi connectivity index (χ2n) is 5.64. The lowest BCUT2D eigenvalue weighted by Crippen LogP contribution is -2.43. The average molecular weight is 275 g/mol. The van der Waals surface area contributed by atoms with Gasteiger partial charge in [-0.1, -0.05) is 13.0 Å². The standard InChI is InChI=1S/C16H25N3O/c1-4-17-13-8-10-14(11-9-13)19(3)16(20)15-7-5-6-12(2)18-15/h5-7,13-14,17H,4,8-11H2,1-3H3. The molecule has 0 saturated heterocycles. The van der Waals surface area contributed by atoms with Gasteiger partial charge in [-0.15, -0.1) is 0 Å². The van der Waals surface area contributed by atoms with Crippen LogP contribution in [0.2, 0.25) is 0 Å². The van der Waals surface area contributed by atoms with Crippen LogP contribution >= 0.6 is 0 Å². The maximum Gasteiger partial charge on any atom is 0.272 e. The molecule has 0 aromatic carbocycles. The van der Waals surface area contributed by atoms with Crippen molar-refractivity contribution in [2.75, 3.05) is 13.6 Å². The van der Waals surface area contributed by atoms with Crippen LogP contribution in [0.25, 0.3) is 0 Å². The van der Waals surface area contributed by atoms with Gasteiger partial charge in [-0.3, -0.25) is 4.79 Å². The molecular weight excluding hydrogens is 250 g/mol. The van der Waals surface area contributed by atoms with Gasteiger partial charge in [-0.2, -0.15) is 0 Å². The Morgan fingerprint density at radius 2 is 2.05 bits per heavy atom. The van der Waals surface area contributed by atoms with Gasteiger partial charge in [0, 0.05) is 24.8 Å². The zero-order valence-electron chi connectivity index (χ0n) is 12.7. The molecular formula is C16H25N3O. The molecule has 0 aliphatic heterocycles. The van der Waals surface area contributed by atoms with Crippen molar-refractivity contribution >= 4 is 5.91 Å². The number of nitrogens with zero attached hydrogens (tertiary/aromatic N) is 2. The highest BCUT2D eigenvalue weighted by molar-refractivity contribution is 5.92. The molecule has 0 unspecified atom stereocenters. The first-order chi connectivity index (χ1) is 9.61. The Kier molecular flexibility index (Phi) is 5.12. The summed E-state index contributed by atoms with van der Waals surface area (Å²) < 4.78 is 0. The van der Waals surface area contributed by atoms with Crippen LogP contribution in [0.4, 0.5) is 0 Å². The van der Waals surface area contributed by atoms with E-state index in [1.807, 2.05) is 31.0 Å². The van der Waals surface area contributed by atoms with Crippen LogP contribution in [0.15, 0.2) is 18.2 Å². The molecule has 0 radical (unpaired) electrons. The average Bonchev–Trinajstić information content (AvgIpc) is 2.47. The molecule has 1 aliphatic rings. The molecule has 1 aromatic rings. The van der Waals surface area contributed by atoms with E-state index in [2.05, 4.69) is 17.2 Å². The summed E-state index contributed by atoms with van der Waals surface area (Å²) in [7, 11) is 1.91. The lowest BCUT2D eigenvalue weighted by Gasteiger charge is -2.34. The van der Waals surface area contributed by atoms with Crippen molar-refractivity contribution in [2.45, 2.75) is 51.6 Å². The van der Waals surface area contributed by atoms with Gasteiger partial charge in [0.2, 0.25) is 0 Å². The summed E-state index contributed by atoms with van der Waals surface area (Å²) in [5, 5.41) is 3.50. The van der Waals surface area contributed by atoms with E-state index in [9.17, 15) is 4.79 Å². The van der Waals surface area contributed by atoms with E-state index >= 15 is 0 Å². The van der Waals surface area contributed by atoms with E-state index in [0.717, 1.165) is 37.9 Å². The molecule has 1 aromatic heterocycles. The molecule has 2 rings (SSSR count). The van der Waals surface area contributed by atoms with Crippen molar-refractivity contribution in [3.05, 3.63) is 29.6 Å². The molecule has 1 fully saturated rings. The molecule has 1 N–H and O–H groups in total. The van der Waals surface area contributed by atoms with E-state index in [-0.39, 0.29) is 5.91 Å². The Hall–Kier alpha value is -1.42. The summed E-state index contributed by atoms with van der Waals surface area (Å²) in [6.45, 7) is 5.08. The van der Waals surface area contributed by atoms with Crippen LogP contribution in [0, 0.1) is 6.92 Å². The Morgan fingerprint density at radius 3 is 2.65 bits per heavy atom. The van der Waals surface area contributed by atoms with Crippen LogP contribution < -0.4 is 5.32 Å². The Morgan fingerprint density at radius 1 is 1.35 bits per heavy atom. The van der Waals surface area contributed by atoms with Gasteiger partial charge in [0.25, 0.3) is 5.91 Å². The van der Waals surface area contributed by atoms with Gasteiger partial charge in [-0.25, -0.2) is 4.98 Å². The summed E-state index contributed by atoms with van der Waals surface area (Å²) in [5.41, 5.74) is 1.45. The van der Waals surface area contributed by atoms with Crippen molar-refractivity contribution in [1.29, 1.82) is 0 Å². The molecule has 20 heavy (non-hydrogen) atoms. The highest BCUT2D eigenvalue weighted by Crippen LogP contribution is 2.23. The molecule has 0 atom stereocenters. The van der Waals surface area contributed by atoms with Crippen LogP contribution in [-0.2, 0) is 0 Å². The second kappa shape index (κ2) is 6.84. The Bertz CT molecular complexity index is 453. The lowest BCUT2D eigenvalue weighted by molar-refractivity contribution is 0.0678. The van der Waals surface area contributed by atoms with Gasteiger partial charge in [0.1, 0.15) is 5.69 Å². The van der Waals surface area contributed by atoms with Crippen molar-refractivity contribution in [3.63, 3.8) is 0 Å². The maximum atomic E-state index is 12.5. The first-order valence-corrected chi connectivity index (χ1v) is 7.56. The number of pyridine rings is 1. The van der Waals surface area contributed by atoms with Gasteiger partial charge in [-0.05, 0) is 51.3 Å². The predicted octanol–water partition coefficient (Wildman–Crippen LogP) is 2.38. The van der Waals surface area contributed by atoms with E-state index in [0.29, 0.717) is 17.8 Å². The molecule has 1 amide bonds. The van der Waals surface area contributed by atoms with Crippen molar-refractivity contribution in [3.8, 4) is 0 Å². The van der Waals surface area contributed by atoms with Crippen LogP contribution in [0.3, 0.4) is 0 Å². The third-order valence-corrected chi connectivity index (χ3v) is 4.17. The predicted molar refractivity (Wildman–Crippen MR) is 80.8 cm³/mol. The molecule has 1 heterocycles. The van der Waals surface area contributed by atoms with Crippen molar-refractivity contribution in [1.82, 2.24) is 15.2 Å². The zero-order chi connectivity index (χ0) is 14.5. The molecule has 1 aliphatic carbocycles. The van der Waals surface area contributed by atoms with Gasteiger partial charge in [0.15, 0.2) is 0 Å². The quantitative estimate of drug-likeness (QED) is 0.917. The summed E-state index contributed by atoms with van der Waals surface area (Å²) in [5.74, 6) is 0.0422. The molecule has 4 heteroatoms. The Labute approximate surface area is 121 Å². The number of hydrogen-bond donors (Lipinski definition) is 1. The number of rotatable bonds is 4. The Balaban J connectivity index is 1.95. The van der Waals surface area contributed by atoms with E-state index in [1.165, 1.54) is 0 Å². The number of amides is 1. The molecule has 1 saturated carbocycles. The van der Waals surface area contributed by atoms with Gasteiger partial charge in [0.05, 0.1) is 0 Å². The second-order valence-corrected chi connectivity index (χ2v) is 5.64. The fourth-order valence-electron chi connectivity index (χ4n) is 2.96. The normalized spacial score (nSPS) is 22.6. The molecule has 110 valence electrons. The summed E-state index contributed by atoms with van der Waals surface area (Å²) >= 11 is 0. The zero-order valence-corrected chi connectivity index (χ0v) is 12.7. The minimum Gasteiger partial charge on any atom is -0.337 e. The van der Waals surface area contributed by atoms with E-state index in [1.54, 1.807) is 6.07 Å². The highest BCUT2D eigenvalue weighted by Gasteiger charge is 2.27. The SMILES string of the molecule is CCNC1CCC(N(C)C(=O)c2cccc(C)n2)CC1. The number of carbonyl (C=O) groups excluding carboxylic acids is 1. The summed E-state index contributed by atoms with van der Waals surface area (Å²) in [4.78, 5) is 18.7. The molecule has 4 nitrogen and oxygen atoms in total. The first kappa shape index (κ1) is 15.0. The smallest absolute Gasteiger partial charge is 0.272 e. The first-order valence-electron chi connectivity index (χ1n) is 7.56. The maximum absolute atomic E-state index is 12.5. The monoisotopic (exact) mass is 275 g/mol. The van der Waals surface area contributed by atoms with Crippen molar-refractivity contribution in [2.24, 2.45) is 0 Å². The fraction of sp³-hybridized carbons (Fsp3) is 0.625. The number of nitrogens with one attached hydrogen (secondary N) is 1. The lowest BCUT2D eigenvalue weighted by atomic mass is 9.90. The third-order valence-electron chi connectivity index (χ3n) is 4.17. The van der Waals surface area contributed by atoms with Crippen LogP contribution in [0.5, 0.6) is 0 Å². The van der Waals surface area contributed by atoms with Crippen molar-refractivity contribution < 1.29 is 4.79 Å². The van der Waals surface area contributed by atoms with E-state index in [4.69, 9.17) is 0 Å². The third kappa shape index (κ3) is 3.57. The van der Waals surface area contributed by atoms with Gasteiger partial charge >= 0.3 is 0 Å². The number of hydrogen-bond acceptors (Lipinski definition) is 3. The van der Waals surface area contributed by atoms with Crippen LogP contribution in [0.1, 0.15) is 48.8 Å². The number of carbonyl (C=O) groups is 1. The number of aromatic nitrogens is 1. The largest absolute Gasteiger partial charge is 0.337 e. The molecule has 0 bridgehead atoms.